The molecule has 0 N–H and O–H groups in total. The van der Waals surface area contributed by atoms with Gasteiger partial charge >= 0.3 is 0 Å². The van der Waals surface area contributed by atoms with Crippen LogP contribution >= 0.6 is 11.6 Å². The summed E-state index contributed by atoms with van der Waals surface area (Å²) in [6, 6.07) is 2.62. The zero-order chi connectivity index (χ0) is 13.0. The summed E-state index contributed by atoms with van der Waals surface area (Å²) in [7, 11) is 0. The molecule has 2 fully saturated rings. The van der Waals surface area contributed by atoms with Gasteiger partial charge in [0, 0.05) is 12.2 Å². The van der Waals surface area contributed by atoms with E-state index in [0.717, 1.165) is 28.8 Å². The van der Waals surface area contributed by atoms with Crippen LogP contribution in [0.1, 0.15) is 43.1 Å². The van der Waals surface area contributed by atoms with E-state index in [1.54, 1.807) is 0 Å². The molecule has 4 heteroatoms. The van der Waals surface area contributed by atoms with E-state index in [1.165, 1.54) is 31.2 Å². The van der Waals surface area contributed by atoms with Crippen molar-refractivity contribution in [2.24, 2.45) is 11.8 Å². The van der Waals surface area contributed by atoms with Crippen LogP contribution in [0.3, 0.4) is 0 Å². The molecule has 3 nitrogen and oxygen atoms in total. The van der Waals surface area contributed by atoms with Gasteiger partial charge in [-0.2, -0.15) is 0 Å². The molecule has 2 aromatic rings. The summed E-state index contributed by atoms with van der Waals surface area (Å²) < 4.78 is 2.37. The van der Waals surface area contributed by atoms with Gasteiger partial charge in [-0.1, -0.05) is 0 Å². The van der Waals surface area contributed by atoms with Gasteiger partial charge in [0.25, 0.3) is 0 Å². The lowest BCUT2D eigenvalue weighted by Crippen LogP contribution is -2.16. The summed E-state index contributed by atoms with van der Waals surface area (Å²) in [6.07, 6.45) is 7.32. The summed E-state index contributed by atoms with van der Waals surface area (Å²) in [5.41, 5.74) is 3.27. The number of imidazole rings is 1. The first-order valence-electron chi connectivity index (χ1n) is 7.18. The largest absolute Gasteiger partial charge is 0.308 e. The van der Waals surface area contributed by atoms with Gasteiger partial charge in [-0.3, -0.25) is 0 Å². The zero-order valence-electron chi connectivity index (χ0n) is 11.1. The maximum Gasteiger partial charge on any atom is 0.160 e. The van der Waals surface area contributed by atoms with E-state index in [0.29, 0.717) is 11.9 Å². The van der Waals surface area contributed by atoms with Gasteiger partial charge in [-0.25, -0.2) is 9.97 Å². The average molecular weight is 276 g/mol. The fraction of sp³-hybridized carbons (Fsp3) is 0.600. The number of nitrogens with zero attached hydrogens (tertiary/aromatic N) is 3. The number of hydrogen-bond donors (Lipinski definition) is 0. The number of aryl methyl sites for hydroxylation is 1. The average Bonchev–Trinajstić information content (AvgIpc) is 3.29. The minimum absolute atomic E-state index is 0.478. The molecule has 4 rings (SSSR count). The first-order chi connectivity index (χ1) is 9.29. The molecule has 2 heterocycles. The lowest BCUT2D eigenvalue weighted by Gasteiger charge is -2.20. The summed E-state index contributed by atoms with van der Waals surface area (Å²) in [5.74, 6) is 3.14. The van der Waals surface area contributed by atoms with Crippen LogP contribution in [0.15, 0.2) is 12.3 Å². The van der Waals surface area contributed by atoms with E-state index in [4.69, 9.17) is 16.6 Å². The SMILES string of the molecule is Cc1ccnc2c1nc(CCl)n2C(C1CC1)C1CC1. The van der Waals surface area contributed by atoms with Crippen LogP contribution in [0.5, 0.6) is 0 Å². The summed E-state index contributed by atoms with van der Waals surface area (Å²) in [4.78, 5) is 9.33. The van der Waals surface area contributed by atoms with Gasteiger partial charge in [-0.15, -0.1) is 11.6 Å². The van der Waals surface area contributed by atoms with E-state index >= 15 is 0 Å². The Balaban J connectivity index is 1.93. The minimum Gasteiger partial charge on any atom is -0.308 e. The van der Waals surface area contributed by atoms with Crippen molar-refractivity contribution in [3.8, 4) is 0 Å². The predicted octanol–water partition coefficient (Wildman–Crippen LogP) is 3.84. The monoisotopic (exact) mass is 275 g/mol. The molecule has 100 valence electrons. The van der Waals surface area contributed by atoms with Crippen molar-refractivity contribution in [3.63, 3.8) is 0 Å². The van der Waals surface area contributed by atoms with Crippen LogP contribution in [-0.2, 0) is 5.88 Å². The Bertz CT molecular complexity index is 614. The fourth-order valence-corrected chi connectivity index (χ4v) is 3.43. The van der Waals surface area contributed by atoms with Gasteiger partial charge in [0.15, 0.2) is 5.65 Å². The third-order valence-electron chi connectivity index (χ3n) is 4.48. The second kappa shape index (κ2) is 4.20. The molecular formula is C15H18ClN3. The summed E-state index contributed by atoms with van der Waals surface area (Å²) >= 11 is 6.14. The van der Waals surface area contributed by atoms with Crippen LogP contribution in [-0.4, -0.2) is 14.5 Å². The predicted molar refractivity (Wildman–Crippen MR) is 76.3 cm³/mol. The molecule has 0 spiro atoms. The number of hydrogen-bond acceptors (Lipinski definition) is 2. The lowest BCUT2D eigenvalue weighted by molar-refractivity contribution is 0.394. The highest BCUT2D eigenvalue weighted by molar-refractivity contribution is 6.16. The molecule has 0 unspecified atom stereocenters. The molecule has 0 amide bonds. The van der Waals surface area contributed by atoms with Gasteiger partial charge in [0.2, 0.25) is 0 Å². The highest BCUT2D eigenvalue weighted by Gasteiger charge is 2.44. The van der Waals surface area contributed by atoms with E-state index < -0.39 is 0 Å². The first kappa shape index (κ1) is 11.7. The molecule has 2 aliphatic rings. The molecular weight excluding hydrogens is 258 g/mol. The molecule has 19 heavy (non-hydrogen) atoms. The van der Waals surface area contributed by atoms with Crippen LogP contribution < -0.4 is 0 Å². The van der Waals surface area contributed by atoms with Gasteiger partial charge in [0.05, 0.1) is 5.88 Å². The van der Waals surface area contributed by atoms with Gasteiger partial charge < -0.3 is 4.57 Å². The molecule has 0 atom stereocenters. The second-order valence-electron chi connectivity index (χ2n) is 6.00. The van der Waals surface area contributed by atoms with Crippen LogP contribution in [0.4, 0.5) is 0 Å². The maximum atomic E-state index is 6.14. The molecule has 0 bridgehead atoms. The third-order valence-corrected chi connectivity index (χ3v) is 4.72. The molecule has 0 aromatic carbocycles. The normalized spacial score (nSPS) is 19.5. The quantitative estimate of drug-likeness (QED) is 0.794. The molecule has 2 saturated carbocycles. The Morgan fingerprint density at radius 1 is 1.32 bits per heavy atom. The minimum atomic E-state index is 0.478. The standard InChI is InChI=1S/C15H18ClN3/c1-9-6-7-17-15-13(9)18-12(8-16)19(15)14(10-2-3-10)11-4-5-11/h6-7,10-11,14H,2-5,8H2,1H3. The number of aromatic nitrogens is 3. The van der Waals surface area contributed by atoms with Crippen molar-refractivity contribution < 1.29 is 0 Å². The van der Waals surface area contributed by atoms with Gasteiger partial charge in [0.1, 0.15) is 11.3 Å². The molecule has 0 saturated heterocycles. The topological polar surface area (TPSA) is 30.7 Å². The highest BCUT2D eigenvalue weighted by Crippen LogP contribution is 2.53. The highest BCUT2D eigenvalue weighted by atomic mass is 35.5. The van der Waals surface area contributed by atoms with Crippen molar-refractivity contribution in [1.29, 1.82) is 0 Å². The van der Waals surface area contributed by atoms with Crippen molar-refractivity contribution in [2.75, 3.05) is 0 Å². The zero-order valence-corrected chi connectivity index (χ0v) is 11.9. The second-order valence-corrected chi connectivity index (χ2v) is 6.26. The smallest absolute Gasteiger partial charge is 0.160 e. The van der Waals surface area contributed by atoms with Crippen molar-refractivity contribution in [1.82, 2.24) is 14.5 Å². The summed E-state index contributed by atoms with van der Waals surface area (Å²) in [5, 5.41) is 0. The lowest BCUT2D eigenvalue weighted by atomic mass is 10.1. The Morgan fingerprint density at radius 3 is 2.58 bits per heavy atom. The summed E-state index contributed by atoms with van der Waals surface area (Å²) in [6.45, 7) is 2.10. The molecule has 0 aliphatic heterocycles. The Morgan fingerprint density at radius 2 is 2.00 bits per heavy atom. The van der Waals surface area contributed by atoms with Crippen molar-refractivity contribution in [2.45, 2.75) is 44.5 Å². The van der Waals surface area contributed by atoms with E-state index in [2.05, 4.69) is 16.5 Å². The number of alkyl halides is 1. The van der Waals surface area contributed by atoms with Crippen LogP contribution in [0.25, 0.3) is 11.2 Å². The number of fused-ring (bicyclic) bond motifs is 1. The number of pyridine rings is 1. The van der Waals surface area contributed by atoms with E-state index in [9.17, 15) is 0 Å². The first-order valence-corrected chi connectivity index (χ1v) is 7.71. The molecule has 2 aliphatic carbocycles. The number of rotatable bonds is 4. The van der Waals surface area contributed by atoms with Crippen molar-refractivity contribution >= 4 is 22.8 Å². The number of halogens is 1. The Hall–Kier alpha value is -1.09. The third kappa shape index (κ3) is 1.86. The van der Waals surface area contributed by atoms with Crippen molar-refractivity contribution in [3.05, 3.63) is 23.7 Å². The van der Waals surface area contributed by atoms with E-state index in [-0.39, 0.29) is 0 Å². The molecule has 2 aromatic heterocycles. The molecule has 0 radical (unpaired) electrons. The Kier molecular flexibility index (Phi) is 2.59. The van der Waals surface area contributed by atoms with Crippen LogP contribution in [0.2, 0.25) is 0 Å². The maximum absolute atomic E-state index is 6.14. The Labute approximate surface area is 118 Å². The fourth-order valence-electron chi connectivity index (χ4n) is 3.25. The van der Waals surface area contributed by atoms with Gasteiger partial charge in [-0.05, 0) is 56.1 Å². The van der Waals surface area contributed by atoms with Crippen LogP contribution in [0, 0.1) is 18.8 Å². The van der Waals surface area contributed by atoms with E-state index in [1.807, 2.05) is 12.3 Å².